The molecule has 146 valence electrons. The molecule has 1 aliphatic carbocycles. The number of rotatable bonds is 4. The molecule has 5 rings (SSSR count). The zero-order valence-electron chi connectivity index (χ0n) is 16.2. The standard InChI is InChI=1S/C20H20N8O/c1-11-16(12(2)27-26-11)17-25-18(28-29-17)20(6-3-7-20)14-4-5-15(22-10-14)13-8-23-19(21)24-9-13/h4-5,8-10H,3,6-7H2,1-2H3,(H,26,27)(H2,21,23,24). The maximum Gasteiger partial charge on any atom is 0.261 e. The smallest absolute Gasteiger partial charge is 0.261 e. The van der Waals surface area contributed by atoms with Crippen molar-refractivity contribution < 1.29 is 4.52 Å². The first kappa shape index (κ1) is 17.5. The normalized spacial score (nSPS) is 15.2. The summed E-state index contributed by atoms with van der Waals surface area (Å²) in [6.07, 6.45) is 8.26. The summed E-state index contributed by atoms with van der Waals surface area (Å²) in [7, 11) is 0. The summed E-state index contributed by atoms with van der Waals surface area (Å²) in [5, 5.41) is 11.5. The summed E-state index contributed by atoms with van der Waals surface area (Å²) in [5.41, 5.74) is 10.6. The Morgan fingerprint density at radius 2 is 1.86 bits per heavy atom. The van der Waals surface area contributed by atoms with Crippen molar-refractivity contribution in [3.63, 3.8) is 0 Å². The van der Waals surface area contributed by atoms with Crippen molar-refractivity contribution in [2.45, 2.75) is 38.5 Å². The van der Waals surface area contributed by atoms with Crippen LogP contribution in [-0.4, -0.2) is 35.3 Å². The Morgan fingerprint density at radius 3 is 2.45 bits per heavy atom. The highest BCUT2D eigenvalue weighted by molar-refractivity contribution is 5.60. The van der Waals surface area contributed by atoms with Crippen LogP contribution >= 0.6 is 0 Å². The molecule has 0 aliphatic heterocycles. The number of hydrogen-bond donors (Lipinski definition) is 2. The second-order valence-electron chi connectivity index (χ2n) is 7.43. The van der Waals surface area contributed by atoms with Crippen molar-refractivity contribution >= 4 is 5.95 Å². The first-order valence-corrected chi connectivity index (χ1v) is 9.47. The van der Waals surface area contributed by atoms with E-state index in [0.29, 0.717) is 11.7 Å². The maximum atomic E-state index is 5.61. The molecule has 0 saturated heterocycles. The predicted molar refractivity (Wildman–Crippen MR) is 106 cm³/mol. The molecule has 1 fully saturated rings. The van der Waals surface area contributed by atoms with Gasteiger partial charge in [0.2, 0.25) is 5.95 Å². The van der Waals surface area contributed by atoms with Gasteiger partial charge in [-0.05, 0) is 38.3 Å². The lowest BCUT2D eigenvalue weighted by molar-refractivity contribution is 0.272. The van der Waals surface area contributed by atoms with E-state index in [9.17, 15) is 0 Å². The van der Waals surface area contributed by atoms with Crippen LogP contribution in [0.25, 0.3) is 22.7 Å². The van der Waals surface area contributed by atoms with E-state index in [0.717, 1.165) is 53.0 Å². The van der Waals surface area contributed by atoms with Gasteiger partial charge in [-0.3, -0.25) is 10.1 Å². The van der Waals surface area contributed by atoms with E-state index in [4.69, 9.17) is 15.2 Å². The summed E-state index contributed by atoms with van der Waals surface area (Å²) in [6.45, 7) is 3.87. The fourth-order valence-electron chi connectivity index (χ4n) is 3.88. The fraction of sp³-hybridized carbons (Fsp3) is 0.300. The summed E-state index contributed by atoms with van der Waals surface area (Å²) in [6, 6.07) is 4.04. The van der Waals surface area contributed by atoms with Gasteiger partial charge in [0.1, 0.15) is 0 Å². The lowest BCUT2D eigenvalue weighted by atomic mass is 9.64. The molecule has 9 nitrogen and oxygen atoms in total. The molecule has 0 bridgehead atoms. The van der Waals surface area contributed by atoms with Crippen LogP contribution in [0.5, 0.6) is 0 Å². The van der Waals surface area contributed by atoms with Gasteiger partial charge in [-0.15, -0.1) is 0 Å². The lowest BCUT2D eigenvalue weighted by Gasteiger charge is -2.39. The molecule has 4 heterocycles. The van der Waals surface area contributed by atoms with Crippen LogP contribution in [0, 0.1) is 13.8 Å². The van der Waals surface area contributed by atoms with Crippen LogP contribution < -0.4 is 5.73 Å². The Bertz CT molecular complexity index is 1140. The fourth-order valence-corrected chi connectivity index (χ4v) is 3.88. The maximum absolute atomic E-state index is 5.61. The highest BCUT2D eigenvalue weighted by Gasteiger charge is 2.45. The van der Waals surface area contributed by atoms with Crippen LogP contribution in [0.3, 0.4) is 0 Å². The van der Waals surface area contributed by atoms with Crippen molar-refractivity contribution in [1.29, 1.82) is 0 Å². The van der Waals surface area contributed by atoms with Gasteiger partial charge in [0.15, 0.2) is 5.82 Å². The molecule has 1 saturated carbocycles. The quantitative estimate of drug-likeness (QED) is 0.545. The Kier molecular flexibility index (Phi) is 3.90. The molecule has 9 heteroatoms. The van der Waals surface area contributed by atoms with E-state index in [1.165, 1.54) is 0 Å². The number of H-pyrrole nitrogens is 1. The van der Waals surface area contributed by atoms with Gasteiger partial charge >= 0.3 is 0 Å². The van der Waals surface area contributed by atoms with Crippen molar-refractivity contribution in [2.24, 2.45) is 0 Å². The van der Waals surface area contributed by atoms with Crippen LogP contribution in [0.15, 0.2) is 35.2 Å². The van der Waals surface area contributed by atoms with Gasteiger partial charge < -0.3 is 10.3 Å². The summed E-state index contributed by atoms with van der Waals surface area (Å²) >= 11 is 0. The minimum absolute atomic E-state index is 0.245. The monoisotopic (exact) mass is 388 g/mol. The lowest BCUT2D eigenvalue weighted by Crippen LogP contribution is -2.36. The average molecular weight is 388 g/mol. The molecule has 0 radical (unpaired) electrons. The van der Waals surface area contributed by atoms with Crippen LogP contribution in [0.4, 0.5) is 5.95 Å². The Labute approximate surface area is 166 Å². The molecule has 0 unspecified atom stereocenters. The first-order chi connectivity index (χ1) is 14.1. The topological polar surface area (TPSA) is 132 Å². The van der Waals surface area contributed by atoms with Gasteiger partial charge in [-0.1, -0.05) is 17.6 Å². The number of aryl methyl sites for hydroxylation is 2. The second kappa shape index (κ2) is 6.47. The van der Waals surface area contributed by atoms with E-state index in [1.54, 1.807) is 12.4 Å². The SMILES string of the molecule is Cc1n[nH]c(C)c1-c1nc(C2(c3ccc(-c4cnc(N)nc4)nc3)CCC2)no1. The van der Waals surface area contributed by atoms with Gasteiger partial charge in [0, 0.05) is 29.8 Å². The van der Waals surface area contributed by atoms with E-state index in [2.05, 4.69) is 36.4 Å². The highest BCUT2D eigenvalue weighted by atomic mass is 16.5. The molecule has 0 atom stereocenters. The molecule has 0 amide bonds. The number of nitrogens with one attached hydrogen (secondary N) is 1. The molecule has 3 N–H and O–H groups in total. The summed E-state index contributed by atoms with van der Waals surface area (Å²) < 4.78 is 5.61. The van der Waals surface area contributed by atoms with Crippen molar-refractivity contribution in [2.75, 3.05) is 5.73 Å². The third kappa shape index (κ3) is 2.77. The zero-order valence-corrected chi connectivity index (χ0v) is 16.2. The largest absolute Gasteiger partial charge is 0.368 e. The predicted octanol–water partition coefficient (Wildman–Crippen LogP) is 2.98. The van der Waals surface area contributed by atoms with Crippen molar-refractivity contribution in [3.05, 3.63) is 53.5 Å². The number of aromatic amines is 1. The molecule has 29 heavy (non-hydrogen) atoms. The molecule has 4 aromatic rings. The van der Waals surface area contributed by atoms with E-state index in [-0.39, 0.29) is 11.4 Å². The van der Waals surface area contributed by atoms with Crippen LogP contribution in [0.2, 0.25) is 0 Å². The number of hydrogen-bond acceptors (Lipinski definition) is 8. The number of pyridine rings is 1. The van der Waals surface area contributed by atoms with Crippen molar-refractivity contribution in [1.82, 2.24) is 35.3 Å². The van der Waals surface area contributed by atoms with E-state index >= 15 is 0 Å². The third-order valence-corrected chi connectivity index (χ3v) is 5.69. The summed E-state index contributed by atoms with van der Waals surface area (Å²) in [5.74, 6) is 1.44. The Hall–Kier alpha value is -3.62. The minimum Gasteiger partial charge on any atom is -0.368 e. The van der Waals surface area contributed by atoms with E-state index < -0.39 is 0 Å². The van der Waals surface area contributed by atoms with Gasteiger partial charge in [0.05, 0.1) is 22.4 Å². The van der Waals surface area contributed by atoms with Gasteiger partial charge in [-0.2, -0.15) is 10.1 Å². The zero-order chi connectivity index (χ0) is 20.0. The number of anilines is 1. The Balaban J connectivity index is 1.49. The first-order valence-electron chi connectivity index (χ1n) is 9.47. The molecule has 4 aromatic heterocycles. The van der Waals surface area contributed by atoms with Gasteiger partial charge in [0.25, 0.3) is 5.89 Å². The summed E-state index contributed by atoms with van der Waals surface area (Å²) in [4.78, 5) is 17.4. The van der Waals surface area contributed by atoms with Crippen LogP contribution in [-0.2, 0) is 5.41 Å². The molecular weight excluding hydrogens is 368 g/mol. The molecule has 0 spiro atoms. The van der Waals surface area contributed by atoms with Crippen LogP contribution in [0.1, 0.15) is 42.0 Å². The second-order valence-corrected chi connectivity index (χ2v) is 7.43. The number of nitrogens with two attached hydrogens (primary N) is 1. The Morgan fingerprint density at radius 1 is 1.07 bits per heavy atom. The third-order valence-electron chi connectivity index (χ3n) is 5.69. The molecular formula is C20H20N8O. The number of nitrogens with zero attached hydrogens (tertiary/aromatic N) is 6. The van der Waals surface area contributed by atoms with Crippen molar-refractivity contribution in [3.8, 4) is 22.7 Å². The minimum atomic E-state index is -0.267. The van der Waals surface area contributed by atoms with E-state index in [1.807, 2.05) is 26.1 Å². The molecule has 0 aromatic carbocycles. The highest BCUT2D eigenvalue weighted by Crippen LogP contribution is 2.48. The number of nitrogen functional groups attached to an aromatic ring is 1. The molecule has 1 aliphatic rings. The average Bonchev–Trinajstić information content (AvgIpc) is 3.29. The number of aromatic nitrogens is 7. The van der Waals surface area contributed by atoms with Gasteiger partial charge in [-0.25, -0.2) is 9.97 Å².